The molecule has 3 nitrogen and oxygen atoms in total. The van der Waals surface area contributed by atoms with Gasteiger partial charge < -0.3 is 9.64 Å². The van der Waals surface area contributed by atoms with Crippen LogP contribution in [0.25, 0.3) is 0 Å². The van der Waals surface area contributed by atoms with Gasteiger partial charge >= 0.3 is 5.97 Å². The van der Waals surface area contributed by atoms with Crippen molar-refractivity contribution in [2.75, 3.05) is 27.2 Å². The highest BCUT2D eigenvalue weighted by molar-refractivity contribution is 5.69. The van der Waals surface area contributed by atoms with Gasteiger partial charge in [0.15, 0.2) is 0 Å². The van der Waals surface area contributed by atoms with Crippen molar-refractivity contribution >= 4 is 5.97 Å². The Bertz CT molecular complexity index is 365. The molecule has 1 rings (SSSR count). The number of carbonyl (C=O) groups excluding carboxylic acids is 1. The Labute approximate surface area is 169 Å². The summed E-state index contributed by atoms with van der Waals surface area (Å²) in [6, 6.07) is 0. The van der Waals surface area contributed by atoms with E-state index in [1.807, 2.05) is 0 Å². The summed E-state index contributed by atoms with van der Waals surface area (Å²) >= 11 is 0. The molecule has 0 radical (unpaired) electrons. The van der Waals surface area contributed by atoms with Gasteiger partial charge in [0.1, 0.15) is 0 Å². The van der Waals surface area contributed by atoms with Crippen LogP contribution in [0.3, 0.4) is 0 Å². The molecular weight excluding hydrogens is 334 g/mol. The summed E-state index contributed by atoms with van der Waals surface area (Å²) in [5.74, 6) is 0.887. The van der Waals surface area contributed by atoms with Crippen molar-refractivity contribution in [1.29, 1.82) is 0 Å². The Balaban J connectivity index is 0.00000676. The molecule has 0 fully saturated rings. The third-order valence-corrected chi connectivity index (χ3v) is 5.40. The highest BCUT2D eigenvalue weighted by Gasteiger charge is 2.07. The second-order valence-electron chi connectivity index (χ2n) is 8.37. The van der Waals surface area contributed by atoms with Crippen LogP contribution >= 0.6 is 0 Å². The minimum absolute atomic E-state index is 0. The van der Waals surface area contributed by atoms with Crippen molar-refractivity contribution < 1.29 is 14.4 Å². The molecule has 3 heteroatoms. The topological polar surface area (TPSA) is 30.7 Å². The molecule has 0 saturated carbocycles. The average Bonchev–Trinajstić information content (AvgIpc) is 3.13. The van der Waals surface area contributed by atoms with Gasteiger partial charge in [0.25, 0.3) is 0 Å². The zero-order valence-electron chi connectivity index (χ0n) is 17.6. The molecule has 0 aliphatic heterocycles. The monoisotopic (exact) mass is 382 g/mol. The first-order valence-corrected chi connectivity index (χ1v) is 11.3. The molecule has 0 aromatic carbocycles. The van der Waals surface area contributed by atoms with E-state index in [2.05, 4.69) is 26.2 Å². The van der Waals surface area contributed by atoms with E-state index in [-0.39, 0.29) is 13.4 Å². The highest BCUT2D eigenvalue weighted by atomic mass is 16.5. The van der Waals surface area contributed by atoms with Gasteiger partial charge in [-0.25, -0.2) is 0 Å². The largest absolute Gasteiger partial charge is 0.465 e. The number of ether oxygens (including phenoxy) is 1. The fourth-order valence-electron chi connectivity index (χ4n) is 3.71. The lowest BCUT2D eigenvalue weighted by Crippen LogP contribution is -3.05. The van der Waals surface area contributed by atoms with Gasteiger partial charge in [0.05, 0.1) is 27.2 Å². The minimum Gasteiger partial charge on any atom is -0.465 e. The van der Waals surface area contributed by atoms with Gasteiger partial charge in [0.2, 0.25) is 0 Å². The summed E-state index contributed by atoms with van der Waals surface area (Å²) in [6.45, 7) is 1.65. The van der Waals surface area contributed by atoms with Crippen LogP contribution in [0.15, 0.2) is 12.2 Å². The molecule has 160 valence electrons. The molecule has 1 unspecified atom stereocenters. The molecule has 0 amide bonds. The SMILES string of the molecule is C.C[NH+](C)CCCOC(=O)CCCCCCCCCCCCC1C=CCC1. The maximum absolute atomic E-state index is 11.6. The number of esters is 1. The number of nitrogens with one attached hydrogen (secondary N) is 1. The van der Waals surface area contributed by atoms with E-state index in [1.54, 1.807) is 0 Å². The lowest BCUT2D eigenvalue weighted by Gasteiger charge is -2.08. The molecule has 0 heterocycles. The summed E-state index contributed by atoms with van der Waals surface area (Å²) in [7, 11) is 4.24. The van der Waals surface area contributed by atoms with Gasteiger partial charge in [0, 0.05) is 12.8 Å². The van der Waals surface area contributed by atoms with Crippen LogP contribution < -0.4 is 4.90 Å². The molecule has 0 aromatic heterocycles. The van der Waals surface area contributed by atoms with Crippen molar-refractivity contribution in [3.63, 3.8) is 0 Å². The number of hydrogen-bond donors (Lipinski definition) is 1. The van der Waals surface area contributed by atoms with Gasteiger partial charge in [-0.3, -0.25) is 4.79 Å². The normalized spacial score (nSPS) is 15.9. The van der Waals surface area contributed by atoms with E-state index in [1.165, 1.54) is 81.9 Å². The molecule has 27 heavy (non-hydrogen) atoms. The Morgan fingerprint density at radius 1 is 0.926 bits per heavy atom. The Morgan fingerprint density at radius 2 is 1.52 bits per heavy atom. The Hall–Kier alpha value is -0.830. The van der Waals surface area contributed by atoms with E-state index < -0.39 is 0 Å². The van der Waals surface area contributed by atoms with Crippen molar-refractivity contribution in [3.8, 4) is 0 Å². The molecule has 0 saturated heterocycles. The molecular formula is C24H48NO2+. The van der Waals surface area contributed by atoms with Crippen LogP contribution in [0.5, 0.6) is 0 Å². The quantitative estimate of drug-likeness (QED) is 0.209. The van der Waals surface area contributed by atoms with Crippen LogP contribution in [0.4, 0.5) is 0 Å². The lowest BCUT2D eigenvalue weighted by atomic mass is 9.99. The first-order valence-electron chi connectivity index (χ1n) is 11.3. The maximum atomic E-state index is 11.6. The first kappa shape index (κ1) is 26.2. The van der Waals surface area contributed by atoms with E-state index in [0.29, 0.717) is 13.0 Å². The minimum atomic E-state index is -0.00755. The zero-order valence-corrected chi connectivity index (χ0v) is 17.6. The molecule has 0 spiro atoms. The van der Waals surface area contributed by atoms with E-state index in [9.17, 15) is 4.79 Å². The number of unbranched alkanes of at least 4 members (excludes halogenated alkanes) is 9. The summed E-state index contributed by atoms with van der Waals surface area (Å²) in [5.41, 5.74) is 0. The fraction of sp³-hybridized carbons (Fsp3) is 0.875. The van der Waals surface area contributed by atoms with Gasteiger partial charge in [-0.05, 0) is 31.6 Å². The Kier molecular flexibility index (Phi) is 18.0. The van der Waals surface area contributed by atoms with Crippen LogP contribution in [-0.2, 0) is 9.53 Å². The van der Waals surface area contributed by atoms with Crippen molar-refractivity contribution in [3.05, 3.63) is 12.2 Å². The van der Waals surface area contributed by atoms with Crippen molar-refractivity contribution in [1.82, 2.24) is 0 Å². The predicted octanol–water partition coefficient (Wildman–Crippen LogP) is 5.35. The Morgan fingerprint density at radius 3 is 2.07 bits per heavy atom. The van der Waals surface area contributed by atoms with E-state index in [4.69, 9.17) is 4.74 Å². The van der Waals surface area contributed by atoms with Crippen LogP contribution in [0, 0.1) is 5.92 Å². The first-order chi connectivity index (χ1) is 12.7. The van der Waals surface area contributed by atoms with Gasteiger partial charge in [-0.15, -0.1) is 0 Å². The highest BCUT2D eigenvalue weighted by Crippen LogP contribution is 2.23. The molecule has 0 aromatic rings. The lowest BCUT2D eigenvalue weighted by molar-refractivity contribution is -0.858. The third-order valence-electron chi connectivity index (χ3n) is 5.40. The molecule has 1 aliphatic carbocycles. The van der Waals surface area contributed by atoms with Crippen molar-refractivity contribution in [2.45, 2.75) is 104 Å². The maximum Gasteiger partial charge on any atom is 0.305 e. The van der Waals surface area contributed by atoms with Gasteiger partial charge in [-0.1, -0.05) is 77.4 Å². The number of hydrogen-bond acceptors (Lipinski definition) is 2. The molecule has 0 bridgehead atoms. The van der Waals surface area contributed by atoms with Crippen LogP contribution in [-0.4, -0.2) is 33.2 Å². The number of quaternary nitrogens is 1. The molecule has 1 N–H and O–H groups in total. The van der Waals surface area contributed by atoms with Crippen molar-refractivity contribution in [2.24, 2.45) is 5.92 Å². The summed E-state index contributed by atoms with van der Waals surface area (Å²) in [4.78, 5) is 13.0. The molecule has 1 atom stereocenters. The zero-order chi connectivity index (χ0) is 18.9. The average molecular weight is 383 g/mol. The van der Waals surface area contributed by atoms with E-state index >= 15 is 0 Å². The fourth-order valence-corrected chi connectivity index (χ4v) is 3.71. The number of carbonyl (C=O) groups is 1. The van der Waals surface area contributed by atoms with Gasteiger partial charge in [-0.2, -0.15) is 0 Å². The smallest absolute Gasteiger partial charge is 0.305 e. The summed E-state index contributed by atoms with van der Waals surface area (Å²) < 4.78 is 5.26. The second kappa shape index (κ2) is 18.5. The number of rotatable bonds is 17. The van der Waals surface area contributed by atoms with E-state index in [0.717, 1.165) is 25.3 Å². The summed E-state index contributed by atoms with van der Waals surface area (Å²) in [6.07, 6.45) is 23.6. The third kappa shape index (κ3) is 17.0. The predicted molar refractivity (Wildman–Crippen MR) is 117 cm³/mol. The van der Waals surface area contributed by atoms with Crippen LogP contribution in [0.2, 0.25) is 0 Å². The standard InChI is InChI=1S/C23H43NO2.CH4/c1-24(2)20-15-21-26-23(25)19-12-10-8-6-4-3-5-7-9-11-16-22-17-13-14-18-22;/h13,17,22H,3-12,14-16,18-21H2,1-2H3;1H4/p+1. The second-order valence-corrected chi connectivity index (χ2v) is 8.37. The van der Waals surface area contributed by atoms with Crippen LogP contribution in [0.1, 0.15) is 104 Å². The molecule has 1 aliphatic rings. The number of allylic oxidation sites excluding steroid dienone is 2. The summed E-state index contributed by atoms with van der Waals surface area (Å²) in [5, 5.41) is 0.